The van der Waals surface area contributed by atoms with E-state index in [0.717, 1.165) is 101 Å². The van der Waals surface area contributed by atoms with Crippen molar-refractivity contribution in [1.82, 2.24) is 0 Å². The molecule has 2 atom stereocenters. The lowest BCUT2D eigenvalue weighted by atomic mass is 10.0. The maximum absolute atomic E-state index is 12.7. The first-order valence-electron chi connectivity index (χ1n) is 14.7. The van der Waals surface area contributed by atoms with E-state index < -0.39 is 16.0 Å². The van der Waals surface area contributed by atoms with Gasteiger partial charge in [0.05, 0.1) is 9.85 Å². The Morgan fingerprint density at radius 2 is 0.975 bits per heavy atom. The Kier molecular flexibility index (Phi) is 15.3. The van der Waals surface area contributed by atoms with Crippen molar-refractivity contribution in [3.63, 3.8) is 0 Å². The van der Waals surface area contributed by atoms with Gasteiger partial charge in [-0.25, -0.2) is 4.79 Å². The first-order chi connectivity index (χ1) is 19.3. The van der Waals surface area contributed by atoms with E-state index in [0.29, 0.717) is 0 Å². The molecule has 0 saturated carbocycles. The number of carbonyl (C=O) groups excluding carboxylic acids is 1. The van der Waals surface area contributed by atoms with Crippen LogP contribution in [0.2, 0.25) is 0 Å². The van der Waals surface area contributed by atoms with Gasteiger partial charge in [0.25, 0.3) is 11.4 Å². The zero-order valence-electron chi connectivity index (χ0n) is 23.9. The summed E-state index contributed by atoms with van der Waals surface area (Å²) in [7, 11) is 0. The van der Waals surface area contributed by atoms with Crippen molar-refractivity contribution in [2.75, 3.05) is 0 Å². The molecule has 0 amide bonds. The van der Waals surface area contributed by atoms with Gasteiger partial charge >= 0.3 is 6.16 Å². The Hall–Kier alpha value is -3.49. The number of benzene rings is 2. The van der Waals surface area contributed by atoms with Gasteiger partial charge in [-0.05, 0) is 75.3 Å². The van der Waals surface area contributed by atoms with Gasteiger partial charge in [0.1, 0.15) is 12.2 Å². The average molecular weight is 557 g/mol. The van der Waals surface area contributed by atoms with Gasteiger partial charge < -0.3 is 9.47 Å². The van der Waals surface area contributed by atoms with Crippen LogP contribution in [0.25, 0.3) is 0 Å². The smallest absolute Gasteiger partial charge is 0.431 e. The molecule has 0 aliphatic carbocycles. The third-order valence-corrected chi connectivity index (χ3v) is 7.06. The molecule has 2 unspecified atom stereocenters. The van der Waals surface area contributed by atoms with Gasteiger partial charge in [-0.2, -0.15) is 0 Å². The van der Waals surface area contributed by atoms with Crippen molar-refractivity contribution in [3.8, 4) is 0 Å². The molecule has 2 aromatic carbocycles. The zero-order valence-corrected chi connectivity index (χ0v) is 23.9. The minimum atomic E-state index is -0.590. The van der Waals surface area contributed by atoms with Crippen LogP contribution in [0.1, 0.15) is 102 Å². The van der Waals surface area contributed by atoms with Crippen LogP contribution >= 0.6 is 0 Å². The van der Waals surface area contributed by atoms with Crippen LogP contribution in [0.3, 0.4) is 0 Å². The third kappa shape index (κ3) is 13.0. The highest BCUT2D eigenvalue weighted by Crippen LogP contribution is 2.20. The summed E-state index contributed by atoms with van der Waals surface area (Å²) in [6.45, 7) is 4.23. The van der Waals surface area contributed by atoms with Crippen molar-refractivity contribution in [3.05, 3.63) is 79.9 Å². The van der Waals surface area contributed by atoms with E-state index >= 15 is 0 Å². The van der Waals surface area contributed by atoms with E-state index in [2.05, 4.69) is 13.8 Å². The summed E-state index contributed by atoms with van der Waals surface area (Å²) in [5, 5.41) is 21.6. The second-order valence-electron chi connectivity index (χ2n) is 10.4. The molecule has 0 fully saturated rings. The summed E-state index contributed by atoms with van der Waals surface area (Å²) in [4.78, 5) is 33.6. The molecule has 0 N–H and O–H groups in total. The van der Waals surface area contributed by atoms with Gasteiger partial charge in [0.15, 0.2) is 0 Å². The molecule has 0 heterocycles. The molecule has 0 spiro atoms. The first-order valence-corrected chi connectivity index (χ1v) is 14.7. The monoisotopic (exact) mass is 556 g/mol. The molecular formula is C31H44N2O7. The molecule has 0 aromatic heterocycles. The highest BCUT2D eigenvalue weighted by molar-refractivity contribution is 5.60. The molecule has 0 aliphatic rings. The number of hydrogen-bond acceptors (Lipinski definition) is 7. The van der Waals surface area contributed by atoms with Crippen molar-refractivity contribution in [2.45, 2.75) is 116 Å². The van der Waals surface area contributed by atoms with Crippen LogP contribution in [-0.4, -0.2) is 28.2 Å². The lowest BCUT2D eigenvalue weighted by Crippen LogP contribution is -2.24. The zero-order chi connectivity index (χ0) is 29.2. The summed E-state index contributed by atoms with van der Waals surface area (Å²) in [5.74, 6) is 0. The number of nitro benzene ring substituents is 2. The minimum absolute atomic E-state index is 0.0945. The van der Waals surface area contributed by atoms with E-state index in [-0.39, 0.29) is 23.6 Å². The number of hydrogen-bond donors (Lipinski definition) is 0. The lowest BCUT2D eigenvalue weighted by Gasteiger charge is -2.21. The Bertz CT molecular complexity index is 943. The summed E-state index contributed by atoms with van der Waals surface area (Å²) < 4.78 is 11.5. The quantitative estimate of drug-likeness (QED) is 0.0690. The molecular weight excluding hydrogens is 512 g/mol. The van der Waals surface area contributed by atoms with E-state index in [1.54, 1.807) is 24.3 Å². The van der Waals surface area contributed by atoms with Crippen molar-refractivity contribution in [2.24, 2.45) is 0 Å². The maximum Gasteiger partial charge on any atom is 0.508 e. The topological polar surface area (TPSA) is 122 Å². The molecule has 40 heavy (non-hydrogen) atoms. The Morgan fingerprint density at radius 3 is 1.30 bits per heavy atom. The molecule has 0 saturated heterocycles. The second kappa shape index (κ2) is 18.7. The van der Waals surface area contributed by atoms with Crippen LogP contribution in [-0.2, 0) is 22.3 Å². The maximum atomic E-state index is 12.7. The molecule has 0 radical (unpaired) electrons. The Labute approximate surface area is 237 Å². The minimum Gasteiger partial charge on any atom is -0.431 e. The number of ether oxygens (including phenoxy) is 2. The highest BCUT2D eigenvalue weighted by atomic mass is 16.7. The van der Waals surface area contributed by atoms with E-state index in [1.807, 2.05) is 0 Å². The molecule has 9 nitrogen and oxygen atoms in total. The van der Waals surface area contributed by atoms with Gasteiger partial charge in [-0.3, -0.25) is 20.2 Å². The SMILES string of the molecule is CCCCC(CCCCc1ccc([N+](=O)[O-])cc1)OC(=O)OC(CCCC)CCCCc1ccc([N+](=O)[O-])cc1. The number of nitrogens with zero attached hydrogens (tertiary/aromatic N) is 2. The predicted octanol–water partition coefficient (Wildman–Crippen LogP) is 8.90. The first kappa shape index (κ1) is 32.7. The van der Waals surface area contributed by atoms with Crippen LogP contribution < -0.4 is 0 Å². The molecule has 0 bridgehead atoms. The summed E-state index contributed by atoms with van der Waals surface area (Å²) in [6.07, 6.45) is 11.4. The van der Waals surface area contributed by atoms with Gasteiger partial charge in [0, 0.05) is 24.3 Å². The van der Waals surface area contributed by atoms with Crippen molar-refractivity contribution >= 4 is 17.5 Å². The normalized spacial score (nSPS) is 12.4. The largest absolute Gasteiger partial charge is 0.508 e. The molecule has 9 heteroatoms. The highest BCUT2D eigenvalue weighted by Gasteiger charge is 2.20. The van der Waals surface area contributed by atoms with E-state index in [9.17, 15) is 25.0 Å². The van der Waals surface area contributed by atoms with Crippen LogP contribution in [0.4, 0.5) is 16.2 Å². The third-order valence-electron chi connectivity index (χ3n) is 7.06. The molecule has 2 aromatic rings. The number of non-ortho nitro benzene ring substituents is 2. The van der Waals surface area contributed by atoms with Gasteiger partial charge in [-0.1, -0.05) is 63.8 Å². The summed E-state index contributed by atoms with van der Waals surface area (Å²) in [6, 6.07) is 13.3. The number of unbranched alkanes of at least 4 members (excludes halogenated alkanes) is 4. The predicted molar refractivity (Wildman–Crippen MR) is 155 cm³/mol. The van der Waals surface area contributed by atoms with E-state index in [1.165, 1.54) is 24.3 Å². The summed E-state index contributed by atoms with van der Waals surface area (Å²) in [5.41, 5.74) is 2.31. The fraction of sp³-hybridized carbons (Fsp3) is 0.581. The van der Waals surface area contributed by atoms with Crippen LogP contribution in [0.5, 0.6) is 0 Å². The molecule has 220 valence electrons. The fourth-order valence-electron chi connectivity index (χ4n) is 4.66. The summed E-state index contributed by atoms with van der Waals surface area (Å²) >= 11 is 0. The number of aryl methyl sites for hydroxylation is 2. The van der Waals surface area contributed by atoms with Crippen molar-refractivity contribution in [1.29, 1.82) is 0 Å². The van der Waals surface area contributed by atoms with Crippen LogP contribution in [0, 0.1) is 20.2 Å². The van der Waals surface area contributed by atoms with E-state index in [4.69, 9.17) is 9.47 Å². The second-order valence-corrected chi connectivity index (χ2v) is 10.4. The van der Waals surface area contributed by atoms with Crippen LogP contribution in [0.15, 0.2) is 48.5 Å². The molecule has 0 aliphatic heterocycles. The fourth-order valence-corrected chi connectivity index (χ4v) is 4.66. The average Bonchev–Trinajstić information content (AvgIpc) is 2.95. The lowest BCUT2D eigenvalue weighted by molar-refractivity contribution is -0.385. The number of nitro groups is 2. The number of rotatable bonds is 20. The standard InChI is InChI=1S/C31H44N2O7/c1-3-5-13-29(15-9-7-11-25-17-21-27(22-18-25)32(35)36)39-31(34)40-30(14-6-4-2)16-10-8-12-26-19-23-28(24-20-26)33(37)38/h17-24,29-30H,3-16H2,1-2H3. The van der Waals surface area contributed by atoms with Gasteiger partial charge in [-0.15, -0.1) is 0 Å². The van der Waals surface area contributed by atoms with Gasteiger partial charge in [0.2, 0.25) is 0 Å². The van der Waals surface area contributed by atoms with Crippen molar-refractivity contribution < 1.29 is 24.1 Å². The Balaban J connectivity index is 1.77. The molecule has 2 rings (SSSR count). The number of carbonyl (C=O) groups is 1. The Morgan fingerprint density at radius 1 is 0.625 bits per heavy atom.